The average molecular weight is 267 g/mol. The Kier molecular flexibility index (Phi) is 3.70. The highest BCUT2D eigenvalue weighted by Gasteiger charge is 2.11. The summed E-state index contributed by atoms with van der Waals surface area (Å²) in [4.78, 5) is 15.2. The van der Waals surface area contributed by atoms with Crippen LogP contribution in [-0.2, 0) is 9.73 Å². The third kappa shape index (κ3) is 3.77. The van der Waals surface area contributed by atoms with Gasteiger partial charge >= 0.3 is 0 Å². The number of carbonyl (C=O) groups excluding carboxylic acids is 1. The van der Waals surface area contributed by atoms with Crippen molar-refractivity contribution in [3.63, 3.8) is 0 Å². The van der Waals surface area contributed by atoms with Crippen molar-refractivity contribution in [3.8, 4) is 0 Å². The van der Waals surface area contributed by atoms with Crippen LogP contribution in [0.4, 0.5) is 0 Å². The van der Waals surface area contributed by atoms with Crippen LogP contribution < -0.4 is 0 Å². The van der Waals surface area contributed by atoms with Crippen LogP contribution in [0.1, 0.15) is 10.4 Å². The van der Waals surface area contributed by atoms with Gasteiger partial charge in [0, 0.05) is 28.4 Å². The van der Waals surface area contributed by atoms with Crippen LogP contribution >= 0.6 is 23.2 Å². The van der Waals surface area contributed by atoms with E-state index in [0.717, 1.165) is 0 Å². The molecule has 1 aromatic heterocycles. The summed E-state index contributed by atoms with van der Waals surface area (Å²) in [6.07, 6.45) is 3.98. The predicted molar refractivity (Wildman–Crippen MR) is 61.0 cm³/mol. The first-order chi connectivity index (χ1) is 6.79. The summed E-state index contributed by atoms with van der Waals surface area (Å²) in [6, 6.07) is 1.29. The van der Waals surface area contributed by atoms with Crippen molar-refractivity contribution in [2.24, 2.45) is 4.36 Å². The quantitative estimate of drug-likeness (QED) is 0.733. The first kappa shape index (κ1) is 12.4. The summed E-state index contributed by atoms with van der Waals surface area (Å²) < 4.78 is 14.8. The Balaban J connectivity index is 3.24. The molecule has 0 aliphatic heterocycles. The zero-order valence-corrected chi connectivity index (χ0v) is 10.4. The first-order valence-corrected chi connectivity index (χ1v) is 6.91. The van der Waals surface area contributed by atoms with Crippen LogP contribution in [0.15, 0.2) is 16.6 Å². The van der Waals surface area contributed by atoms with E-state index in [2.05, 4.69) is 9.35 Å². The zero-order valence-electron chi connectivity index (χ0n) is 8.03. The van der Waals surface area contributed by atoms with E-state index in [0.29, 0.717) is 0 Å². The number of halogens is 2. The summed E-state index contributed by atoms with van der Waals surface area (Å²) in [7, 11) is -2.50. The van der Waals surface area contributed by atoms with E-state index >= 15 is 0 Å². The van der Waals surface area contributed by atoms with Crippen molar-refractivity contribution in [2.45, 2.75) is 0 Å². The average Bonchev–Trinajstić information content (AvgIpc) is 2.06. The summed E-state index contributed by atoms with van der Waals surface area (Å²) in [5, 5.41) is 0.272. The molecule has 0 aromatic carbocycles. The Labute approximate surface area is 97.8 Å². The number of aromatic nitrogens is 1. The number of rotatable bonds is 1. The molecule has 0 saturated heterocycles. The highest BCUT2D eigenvalue weighted by Crippen LogP contribution is 2.19. The molecule has 0 aliphatic rings. The minimum atomic E-state index is -2.50. The highest BCUT2D eigenvalue weighted by atomic mass is 35.5. The van der Waals surface area contributed by atoms with E-state index in [-0.39, 0.29) is 15.7 Å². The van der Waals surface area contributed by atoms with Gasteiger partial charge < -0.3 is 0 Å². The van der Waals surface area contributed by atoms with Crippen molar-refractivity contribution in [2.75, 3.05) is 12.5 Å². The SMILES string of the molecule is CS(C)(=O)=NC(=O)c1cc(Cl)ncc1Cl. The number of hydrogen-bond acceptors (Lipinski definition) is 3. The van der Waals surface area contributed by atoms with Gasteiger partial charge in [-0.05, 0) is 6.07 Å². The lowest BCUT2D eigenvalue weighted by molar-refractivity contribution is 0.100. The van der Waals surface area contributed by atoms with Gasteiger partial charge in [-0.2, -0.15) is 4.36 Å². The maximum atomic E-state index is 11.5. The van der Waals surface area contributed by atoms with Crippen molar-refractivity contribution >= 4 is 38.8 Å². The Morgan fingerprint density at radius 2 is 2.07 bits per heavy atom. The molecule has 7 heteroatoms. The molecular weight excluding hydrogens is 259 g/mol. The number of amides is 1. The molecule has 1 rings (SSSR count). The van der Waals surface area contributed by atoms with E-state index < -0.39 is 15.6 Å². The van der Waals surface area contributed by atoms with Gasteiger partial charge in [-0.1, -0.05) is 23.2 Å². The molecule has 0 N–H and O–H groups in total. The molecular formula is C8H8Cl2N2O2S. The van der Waals surface area contributed by atoms with Crippen LogP contribution in [-0.4, -0.2) is 27.6 Å². The lowest BCUT2D eigenvalue weighted by Gasteiger charge is -2.00. The molecule has 1 heterocycles. The van der Waals surface area contributed by atoms with Gasteiger partial charge in [-0.3, -0.25) is 4.79 Å². The van der Waals surface area contributed by atoms with Gasteiger partial charge in [0.2, 0.25) is 0 Å². The minimum Gasteiger partial charge on any atom is -0.266 e. The van der Waals surface area contributed by atoms with E-state index in [4.69, 9.17) is 23.2 Å². The van der Waals surface area contributed by atoms with Gasteiger partial charge in [0.25, 0.3) is 5.91 Å². The molecule has 0 radical (unpaired) electrons. The van der Waals surface area contributed by atoms with Crippen LogP contribution in [0.2, 0.25) is 10.2 Å². The maximum absolute atomic E-state index is 11.5. The van der Waals surface area contributed by atoms with Crippen LogP contribution in [0, 0.1) is 0 Å². The molecule has 0 spiro atoms. The van der Waals surface area contributed by atoms with Gasteiger partial charge in [-0.15, -0.1) is 0 Å². The number of hydrogen-bond donors (Lipinski definition) is 0. The zero-order chi connectivity index (χ0) is 11.6. The molecule has 4 nitrogen and oxygen atoms in total. The van der Waals surface area contributed by atoms with Crippen molar-refractivity contribution in [1.29, 1.82) is 0 Å². The van der Waals surface area contributed by atoms with E-state index in [9.17, 15) is 9.00 Å². The molecule has 0 saturated carbocycles. The lowest BCUT2D eigenvalue weighted by atomic mass is 10.2. The lowest BCUT2D eigenvalue weighted by Crippen LogP contribution is -2.02. The van der Waals surface area contributed by atoms with Crippen LogP contribution in [0.25, 0.3) is 0 Å². The third-order valence-electron chi connectivity index (χ3n) is 1.36. The number of nitrogens with zero attached hydrogens (tertiary/aromatic N) is 2. The summed E-state index contributed by atoms with van der Waals surface area (Å²) in [5.41, 5.74) is 0.105. The fraction of sp³-hybridized carbons (Fsp3) is 0.250. The Morgan fingerprint density at radius 1 is 1.47 bits per heavy atom. The molecule has 0 aliphatic carbocycles. The summed E-state index contributed by atoms with van der Waals surface area (Å²) in [6.45, 7) is 0. The largest absolute Gasteiger partial charge is 0.286 e. The smallest absolute Gasteiger partial charge is 0.266 e. The molecule has 82 valence electrons. The maximum Gasteiger partial charge on any atom is 0.286 e. The predicted octanol–water partition coefficient (Wildman–Crippen LogP) is 2.26. The van der Waals surface area contributed by atoms with Crippen LogP contribution in [0.5, 0.6) is 0 Å². The Bertz CT molecular complexity index is 513. The van der Waals surface area contributed by atoms with Gasteiger partial charge in [0.1, 0.15) is 5.15 Å². The van der Waals surface area contributed by atoms with Gasteiger partial charge in [0.15, 0.2) is 0 Å². The molecule has 1 aromatic rings. The Hall–Kier alpha value is -0.650. The van der Waals surface area contributed by atoms with Crippen LogP contribution in [0.3, 0.4) is 0 Å². The third-order valence-corrected chi connectivity index (χ3v) is 2.47. The molecule has 1 amide bonds. The second-order valence-electron chi connectivity index (χ2n) is 3.06. The second-order valence-corrected chi connectivity index (χ2v) is 6.40. The van der Waals surface area contributed by atoms with E-state index in [1.807, 2.05) is 0 Å². The first-order valence-electron chi connectivity index (χ1n) is 3.82. The minimum absolute atomic E-state index is 0.105. The van der Waals surface area contributed by atoms with Crippen molar-refractivity contribution < 1.29 is 9.00 Å². The summed E-state index contributed by atoms with van der Waals surface area (Å²) in [5.74, 6) is -0.653. The number of pyridine rings is 1. The monoisotopic (exact) mass is 266 g/mol. The second kappa shape index (κ2) is 4.47. The van der Waals surface area contributed by atoms with E-state index in [1.54, 1.807) is 0 Å². The molecule has 0 unspecified atom stereocenters. The van der Waals surface area contributed by atoms with E-state index in [1.165, 1.54) is 24.8 Å². The molecule has 0 fully saturated rings. The fourth-order valence-electron chi connectivity index (χ4n) is 0.826. The van der Waals surface area contributed by atoms with Gasteiger partial charge in [0.05, 0.1) is 10.6 Å². The molecule has 15 heavy (non-hydrogen) atoms. The fourth-order valence-corrected chi connectivity index (χ4v) is 1.67. The van der Waals surface area contributed by atoms with Crippen molar-refractivity contribution in [1.82, 2.24) is 4.98 Å². The van der Waals surface area contributed by atoms with Gasteiger partial charge in [-0.25, -0.2) is 9.19 Å². The molecule has 0 atom stereocenters. The summed E-state index contributed by atoms with van der Waals surface area (Å²) >= 11 is 11.3. The Morgan fingerprint density at radius 3 is 2.60 bits per heavy atom. The molecule has 0 bridgehead atoms. The number of carbonyl (C=O) groups is 1. The highest BCUT2D eigenvalue weighted by molar-refractivity contribution is 7.92. The topological polar surface area (TPSA) is 59.4 Å². The standard InChI is InChI=1S/C8H8Cl2N2O2S/c1-15(2,14)12-8(13)5-3-7(10)11-4-6(5)9/h3-4H,1-2H3. The normalized spacial score (nSPS) is 11.2. The van der Waals surface area contributed by atoms with Crippen molar-refractivity contribution in [3.05, 3.63) is 28.0 Å².